The predicted molar refractivity (Wildman–Crippen MR) is 137 cm³/mol. The van der Waals surface area contributed by atoms with E-state index in [1.54, 1.807) is 31.2 Å². The standard InChI is InChI=1S/C12H14N2O2.C7H11N3O2.C5H11NO3/c1-13-11(12(15)16)6-8-7-14-10-5-3-2-4-9(8)10;1-10-4-9-3-5(10)2-6(8)7(11)12;1-3(7)4(6-2)5(8)9/h2-5,7,11,13-14H,6H2,1H3,(H,15,16);3-4,6H,2,8H2,1H3,(H,11,12);3-4,6-7H,1-2H3,(H,8,9). The van der Waals surface area contributed by atoms with E-state index in [9.17, 15) is 14.4 Å². The van der Waals surface area contributed by atoms with Gasteiger partial charge in [0, 0.05) is 48.9 Å². The highest BCUT2D eigenvalue weighted by Gasteiger charge is 2.20. The molecule has 9 N–H and O–H groups in total. The minimum Gasteiger partial charge on any atom is -0.480 e. The molecule has 3 aromatic rings. The van der Waals surface area contributed by atoms with Crippen molar-refractivity contribution in [2.75, 3.05) is 14.1 Å². The number of carbonyl (C=O) groups is 3. The Kier molecular flexibility index (Phi) is 13.0. The Morgan fingerprint density at radius 2 is 1.70 bits per heavy atom. The topological polar surface area (TPSA) is 216 Å². The van der Waals surface area contributed by atoms with Crippen LogP contribution >= 0.6 is 0 Å². The number of imidazole rings is 1. The molecular weight excluding hydrogens is 484 g/mol. The van der Waals surface area contributed by atoms with Crippen LogP contribution in [0, 0.1) is 0 Å². The van der Waals surface area contributed by atoms with E-state index in [0.29, 0.717) is 12.8 Å². The van der Waals surface area contributed by atoms with Crippen molar-refractivity contribution >= 4 is 28.8 Å². The Bertz CT molecular complexity index is 1140. The molecule has 0 bridgehead atoms. The maximum Gasteiger partial charge on any atom is 0.323 e. The highest BCUT2D eigenvalue weighted by Crippen LogP contribution is 2.19. The van der Waals surface area contributed by atoms with Crippen LogP contribution in [0.25, 0.3) is 10.9 Å². The van der Waals surface area contributed by atoms with E-state index in [4.69, 9.17) is 26.2 Å². The predicted octanol–water partition coefficient (Wildman–Crippen LogP) is -0.203. The van der Waals surface area contributed by atoms with Gasteiger partial charge in [-0.1, -0.05) is 18.2 Å². The first-order chi connectivity index (χ1) is 17.4. The van der Waals surface area contributed by atoms with E-state index in [1.165, 1.54) is 14.0 Å². The third kappa shape index (κ3) is 10.0. The molecule has 0 aliphatic carbocycles. The quantitative estimate of drug-likeness (QED) is 0.175. The van der Waals surface area contributed by atoms with Crippen LogP contribution in [0.15, 0.2) is 43.0 Å². The summed E-state index contributed by atoms with van der Waals surface area (Å²) >= 11 is 0. The van der Waals surface area contributed by atoms with Gasteiger partial charge in [-0.05, 0) is 32.6 Å². The van der Waals surface area contributed by atoms with Crippen LogP contribution in [-0.4, -0.2) is 91.2 Å². The molecule has 0 radical (unpaired) electrons. The Morgan fingerprint density at radius 1 is 1.05 bits per heavy atom. The number of hydrogen-bond acceptors (Lipinski definition) is 8. The van der Waals surface area contributed by atoms with Crippen molar-refractivity contribution < 1.29 is 34.8 Å². The molecule has 2 heterocycles. The molecule has 3 rings (SSSR count). The summed E-state index contributed by atoms with van der Waals surface area (Å²) in [4.78, 5) is 38.4. The van der Waals surface area contributed by atoms with E-state index >= 15 is 0 Å². The third-order valence-corrected chi connectivity index (χ3v) is 5.47. The van der Waals surface area contributed by atoms with Crippen molar-refractivity contribution in [3.05, 3.63) is 54.2 Å². The smallest absolute Gasteiger partial charge is 0.323 e. The maximum atomic E-state index is 10.9. The van der Waals surface area contributed by atoms with Crippen LogP contribution in [0.1, 0.15) is 18.2 Å². The van der Waals surface area contributed by atoms with E-state index in [2.05, 4.69) is 20.6 Å². The Morgan fingerprint density at radius 3 is 2.14 bits per heavy atom. The average Bonchev–Trinajstić information content (AvgIpc) is 3.43. The zero-order valence-electron chi connectivity index (χ0n) is 21.3. The summed E-state index contributed by atoms with van der Waals surface area (Å²) in [5, 5.41) is 40.9. The summed E-state index contributed by atoms with van der Waals surface area (Å²) in [6.45, 7) is 1.43. The first kappa shape index (κ1) is 31.3. The van der Waals surface area contributed by atoms with Crippen molar-refractivity contribution in [3.8, 4) is 0 Å². The fourth-order valence-corrected chi connectivity index (χ4v) is 3.30. The van der Waals surface area contributed by atoms with Crippen LogP contribution in [-0.2, 0) is 34.3 Å². The van der Waals surface area contributed by atoms with Gasteiger partial charge in [-0.15, -0.1) is 0 Å². The van der Waals surface area contributed by atoms with E-state index < -0.39 is 42.1 Å². The number of fused-ring (bicyclic) bond motifs is 1. The lowest BCUT2D eigenvalue weighted by molar-refractivity contribution is -0.142. The summed E-state index contributed by atoms with van der Waals surface area (Å²) in [5.41, 5.74) is 8.22. The number of aliphatic carboxylic acids is 3. The third-order valence-electron chi connectivity index (χ3n) is 5.47. The summed E-state index contributed by atoms with van der Waals surface area (Å²) in [5.74, 6) is -2.85. The Balaban J connectivity index is 0.000000291. The molecule has 13 nitrogen and oxygen atoms in total. The number of aliphatic hydroxyl groups excluding tert-OH is 1. The molecule has 13 heteroatoms. The molecule has 1 aromatic carbocycles. The second kappa shape index (κ2) is 15.4. The average molecular weight is 521 g/mol. The van der Waals surface area contributed by atoms with Crippen LogP contribution in [0.2, 0.25) is 0 Å². The number of carboxylic acids is 3. The number of carboxylic acid groups (broad SMARTS) is 3. The number of nitrogens with two attached hydrogens (primary N) is 1. The molecule has 0 saturated carbocycles. The fraction of sp³-hybridized carbons (Fsp3) is 0.417. The summed E-state index contributed by atoms with van der Waals surface area (Å²) in [6.07, 6.45) is 5.04. The monoisotopic (exact) mass is 520 g/mol. The molecule has 0 aliphatic heterocycles. The number of hydrogen-bond donors (Lipinski definition) is 8. The molecule has 2 aromatic heterocycles. The number of aromatic amines is 1. The fourth-order valence-electron chi connectivity index (χ4n) is 3.30. The van der Waals surface area contributed by atoms with Gasteiger partial charge in [-0.3, -0.25) is 14.4 Å². The molecule has 0 aliphatic rings. The van der Waals surface area contributed by atoms with Gasteiger partial charge in [0.15, 0.2) is 0 Å². The number of likely N-dealkylation sites (N-methyl/N-ethyl adjacent to an activating group) is 2. The minimum absolute atomic E-state index is 0.311. The lowest BCUT2D eigenvalue weighted by Gasteiger charge is -2.12. The van der Waals surface area contributed by atoms with Crippen LogP contribution < -0.4 is 16.4 Å². The van der Waals surface area contributed by atoms with E-state index in [1.807, 2.05) is 30.5 Å². The number of para-hydroxylation sites is 1. The van der Waals surface area contributed by atoms with E-state index in [0.717, 1.165) is 22.2 Å². The SMILES string of the molecule is CNC(C(=O)O)C(C)O.CNC(Cc1c[nH]c2ccccc12)C(=O)O.Cn1cncc1CC(N)C(=O)O. The zero-order chi connectivity index (χ0) is 28.1. The van der Waals surface area contributed by atoms with Crippen molar-refractivity contribution in [1.29, 1.82) is 0 Å². The number of nitrogens with one attached hydrogen (secondary N) is 3. The number of benzene rings is 1. The molecule has 0 fully saturated rings. The molecular formula is C24H36N6O7. The highest BCUT2D eigenvalue weighted by molar-refractivity contribution is 5.84. The second-order valence-electron chi connectivity index (χ2n) is 8.23. The summed E-state index contributed by atoms with van der Waals surface area (Å²) < 4.78 is 1.75. The molecule has 0 amide bonds. The van der Waals surface area contributed by atoms with Crippen molar-refractivity contribution in [1.82, 2.24) is 25.2 Å². The van der Waals surface area contributed by atoms with Crippen LogP contribution in [0.3, 0.4) is 0 Å². The number of H-pyrrole nitrogens is 1. The van der Waals surface area contributed by atoms with Gasteiger partial charge in [0.05, 0.1) is 12.4 Å². The summed E-state index contributed by atoms with van der Waals surface area (Å²) in [6, 6.07) is 5.64. The number of nitrogens with zero attached hydrogens (tertiary/aromatic N) is 2. The number of aliphatic hydroxyl groups is 1. The lowest BCUT2D eigenvalue weighted by atomic mass is 10.1. The Labute approximate surface area is 214 Å². The number of rotatable bonds is 10. The van der Waals surface area contributed by atoms with Gasteiger partial charge in [-0.25, -0.2) is 4.98 Å². The van der Waals surface area contributed by atoms with Crippen LogP contribution in [0.4, 0.5) is 0 Å². The van der Waals surface area contributed by atoms with Gasteiger partial charge in [0.1, 0.15) is 18.1 Å². The van der Waals surface area contributed by atoms with Gasteiger partial charge in [0.2, 0.25) is 0 Å². The molecule has 37 heavy (non-hydrogen) atoms. The number of aryl methyl sites for hydroxylation is 1. The number of aromatic nitrogens is 3. The highest BCUT2D eigenvalue weighted by atomic mass is 16.4. The minimum atomic E-state index is -1.03. The maximum absolute atomic E-state index is 10.9. The van der Waals surface area contributed by atoms with Crippen LogP contribution in [0.5, 0.6) is 0 Å². The molecule has 0 saturated heterocycles. The van der Waals surface area contributed by atoms with Gasteiger partial charge < -0.3 is 46.3 Å². The molecule has 4 unspecified atom stereocenters. The zero-order valence-corrected chi connectivity index (χ0v) is 21.3. The van der Waals surface area contributed by atoms with Gasteiger partial charge in [-0.2, -0.15) is 0 Å². The lowest BCUT2D eigenvalue weighted by Crippen LogP contribution is -2.42. The first-order valence-electron chi connectivity index (χ1n) is 11.4. The molecule has 0 spiro atoms. The summed E-state index contributed by atoms with van der Waals surface area (Å²) in [7, 11) is 4.95. The molecule has 4 atom stereocenters. The van der Waals surface area contributed by atoms with Crippen molar-refractivity contribution in [3.63, 3.8) is 0 Å². The van der Waals surface area contributed by atoms with Crippen molar-refractivity contribution in [2.45, 2.75) is 44.0 Å². The second-order valence-corrected chi connectivity index (χ2v) is 8.23. The normalized spacial score (nSPS) is 13.8. The largest absolute Gasteiger partial charge is 0.480 e. The van der Waals surface area contributed by atoms with Crippen molar-refractivity contribution in [2.24, 2.45) is 12.8 Å². The van der Waals surface area contributed by atoms with E-state index in [-0.39, 0.29) is 0 Å². The first-order valence-corrected chi connectivity index (χ1v) is 11.4. The molecule has 204 valence electrons. The van der Waals surface area contributed by atoms with Gasteiger partial charge >= 0.3 is 17.9 Å². The Hall–Kier alpha value is -3.78. The van der Waals surface area contributed by atoms with Gasteiger partial charge in [0.25, 0.3) is 0 Å².